The zero-order valence-electron chi connectivity index (χ0n) is 21.1. The topological polar surface area (TPSA) is 66.8 Å². The number of likely N-dealkylation sites (N-methyl/N-ethyl adjacent to an activating group) is 1. The van der Waals surface area contributed by atoms with Crippen LogP contribution in [0.1, 0.15) is 117 Å². The van der Waals surface area contributed by atoms with Crippen molar-refractivity contribution < 1.29 is 23.4 Å². The van der Waals surface area contributed by atoms with E-state index in [1.165, 1.54) is 77.0 Å². The molecule has 6 heteroatoms. The number of nitrogens with zero attached hydrogens (tertiary/aromatic N) is 1. The molecule has 0 aliphatic rings. The van der Waals surface area contributed by atoms with Gasteiger partial charge in [-0.05, 0) is 46.0 Å². The Morgan fingerprint density at radius 1 is 0.774 bits per heavy atom. The first-order valence-corrected chi connectivity index (χ1v) is 14.5. The van der Waals surface area contributed by atoms with E-state index < -0.39 is 7.82 Å². The van der Waals surface area contributed by atoms with Crippen LogP contribution in [-0.4, -0.2) is 47.1 Å². The maximum Gasteiger partial charge on any atom is 0.470 e. The standard InChI is InChI=1S/C25H52NO4P/c1-5-8-9-10-11-12-13-14-15-16-17-18-19-20-21-22-23-25(30-31(27,28)29)24-26(4,6-2)7-3/h14-15,25H,5-13,16-24H2,1-4H3,(H-,27,28,29)/p+1/b15-14-. The van der Waals surface area contributed by atoms with Gasteiger partial charge in [0.15, 0.2) is 0 Å². The molecule has 0 aromatic rings. The van der Waals surface area contributed by atoms with Crippen LogP contribution in [0.15, 0.2) is 12.2 Å². The van der Waals surface area contributed by atoms with Crippen molar-refractivity contribution in [3.05, 3.63) is 12.2 Å². The van der Waals surface area contributed by atoms with Crippen molar-refractivity contribution in [1.82, 2.24) is 0 Å². The molecule has 186 valence electrons. The third-order valence-corrected chi connectivity index (χ3v) is 7.07. The number of allylic oxidation sites excluding steroid dienone is 2. The second-order valence-electron chi connectivity index (χ2n) is 9.38. The van der Waals surface area contributed by atoms with Crippen molar-refractivity contribution in [2.75, 3.05) is 26.7 Å². The Balaban J connectivity index is 3.79. The number of quaternary nitrogens is 1. The number of hydrogen-bond donors (Lipinski definition) is 2. The molecule has 1 unspecified atom stereocenters. The monoisotopic (exact) mass is 462 g/mol. The lowest BCUT2D eigenvalue weighted by atomic mass is 10.1. The molecule has 0 saturated carbocycles. The summed E-state index contributed by atoms with van der Waals surface area (Å²) in [4.78, 5) is 18.5. The predicted octanol–water partition coefficient (Wildman–Crippen LogP) is 7.38. The van der Waals surface area contributed by atoms with Gasteiger partial charge >= 0.3 is 7.82 Å². The molecular formula is C25H53NO4P+. The number of phosphoric ester groups is 1. The van der Waals surface area contributed by atoms with Gasteiger partial charge in [-0.3, -0.25) is 4.52 Å². The summed E-state index contributed by atoms with van der Waals surface area (Å²) in [5.41, 5.74) is 0. The summed E-state index contributed by atoms with van der Waals surface area (Å²) >= 11 is 0. The Hall–Kier alpha value is -0.190. The third kappa shape index (κ3) is 20.2. The minimum Gasteiger partial charge on any atom is -0.324 e. The van der Waals surface area contributed by atoms with Gasteiger partial charge in [0, 0.05) is 0 Å². The Bertz CT molecular complexity index is 474. The zero-order valence-corrected chi connectivity index (χ0v) is 22.0. The number of hydrogen-bond acceptors (Lipinski definition) is 2. The summed E-state index contributed by atoms with van der Waals surface area (Å²) < 4.78 is 17.2. The predicted molar refractivity (Wildman–Crippen MR) is 133 cm³/mol. The molecule has 0 heterocycles. The maximum absolute atomic E-state index is 11.3. The molecule has 0 spiro atoms. The van der Waals surface area contributed by atoms with Crippen LogP contribution in [-0.2, 0) is 9.09 Å². The molecule has 0 radical (unpaired) electrons. The van der Waals surface area contributed by atoms with Gasteiger partial charge in [0.05, 0.1) is 20.1 Å². The maximum atomic E-state index is 11.3. The van der Waals surface area contributed by atoms with Crippen LogP contribution in [0, 0.1) is 0 Å². The average Bonchev–Trinajstić information content (AvgIpc) is 2.72. The molecule has 0 saturated heterocycles. The van der Waals surface area contributed by atoms with Crippen LogP contribution in [0.3, 0.4) is 0 Å². The smallest absolute Gasteiger partial charge is 0.324 e. The molecule has 1 atom stereocenters. The Labute approximate surface area is 193 Å². The van der Waals surface area contributed by atoms with E-state index >= 15 is 0 Å². The zero-order chi connectivity index (χ0) is 23.4. The van der Waals surface area contributed by atoms with E-state index in [1.54, 1.807) is 0 Å². The Morgan fingerprint density at radius 2 is 1.23 bits per heavy atom. The average molecular weight is 463 g/mol. The van der Waals surface area contributed by atoms with Crippen molar-refractivity contribution in [1.29, 1.82) is 0 Å². The summed E-state index contributed by atoms with van der Waals surface area (Å²) in [5, 5.41) is 0. The molecule has 2 N–H and O–H groups in total. The lowest BCUT2D eigenvalue weighted by Gasteiger charge is -2.35. The van der Waals surface area contributed by atoms with Crippen LogP contribution in [0.5, 0.6) is 0 Å². The largest absolute Gasteiger partial charge is 0.470 e. The van der Waals surface area contributed by atoms with E-state index in [0.717, 1.165) is 36.8 Å². The molecule has 0 aliphatic carbocycles. The minimum absolute atomic E-state index is 0.373. The van der Waals surface area contributed by atoms with E-state index in [4.69, 9.17) is 4.52 Å². The third-order valence-electron chi connectivity index (χ3n) is 6.50. The van der Waals surface area contributed by atoms with Gasteiger partial charge in [-0.15, -0.1) is 0 Å². The van der Waals surface area contributed by atoms with E-state index in [9.17, 15) is 14.4 Å². The first-order valence-electron chi connectivity index (χ1n) is 13.0. The lowest BCUT2D eigenvalue weighted by molar-refractivity contribution is -0.908. The Morgan fingerprint density at radius 3 is 1.68 bits per heavy atom. The van der Waals surface area contributed by atoms with Crippen LogP contribution < -0.4 is 0 Å². The molecule has 0 rings (SSSR count). The van der Waals surface area contributed by atoms with E-state index in [1.807, 2.05) is 0 Å². The number of phosphoric acid groups is 1. The summed E-state index contributed by atoms with van der Waals surface area (Å²) in [6.07, 6.45) is 22.7. The molecule has 0 aromatic heterocycles. The lowest BCUT2D eigenvalue weighted by Crippen LogP contribution is -2.48. The van der Waals surface area contributed by atoms with Crippen LogP contribution in [0.4, 0.5) is 0 Å². The Kier molecular flexibility index (Phi) is 19.2. The van der Waals surface area contributed by atoms with Gasteiger partial charge in [0.2, 0.25) is 0 Å². The van der Waals surface area contributed by atoms with Gasteiger partial charge in [0.25, 0.3) is 0 Å². The second-order valence-corrected chi connectivity index (χ2v) is 10.6. The van der Waals surface area contributed by atoms with Crippen molar-refractivity contribution in [3.63, 3.8) is 0 Å². The SMILES string of the molecule is CCCCCCCC/C=C\CCCCCCCCC(C[N+](C)(CC)CC)OP(=O)(O)O. The van der Waals surface area contributed by atoms with Crippen LogP contribution >= 0.6 is 7.82 Å². The van der Waals surface area contributed by atoms with Gasteiger partial charge < -0.3 is 14.3 Å². The molecule has 0 fully saturated rings. The van der Waals surface area contributed by atoms with Crippen molar-refractivity contribution >= 4 is 7.82 Å². The first-order chi connectivity index (χ1) is 14.8. The fourth-order valence-electron chi connectivity index (χ4n) is 3.96. The summed E-state index contributed by atoms with van der Waals surface area (Å²) in [5.74, 6) is 0. The van der Waals surface area contributed by atoms with E-state index in [2.05, 4.69) is 40.0 Å². The van der Waals surface area contributed by atoms with Crippen molar-refractivity contribution in [2.45, 2.75) is 123 Å². The number of unbranched alkanes of at least 4 members (excludes halogenated alkanes) is 12. The molecule has 0 aromatic carbocycles. The molecule has 31 heavy (non-hydrogen) atoms. The van der Waals surface area contributed by atoms with E-state index in [0.29, 0.717) is 6.54 Å². The quantitative estimate of drug-likeness (QED) is 0.0762. The molecular weight excluding hydrogens is 409 g/mol. The fraction of sp³-hybridized carbons (Fsp3) is 0.920. The molecule has 0 bridgehead atoms. The highest BCUT2D eigenvalue weighted by atomic mass is 31.2. The molecule has 5 nitrogen and oxygen atoms in total. The summed E-state index contributed by atoms with van der Waals surface area (Å²) in [6.45, 7) is 9.02. The van der Waals surface area contributed by atoms with Gasteiger partial charge in [-0.1, -0.05) is 83.3 Å². The highest BCUT2D eigenvalue weighted by molar-refractivity contribution is 7.46. The van der Waals surface area contributed by atoms with Gasteiger partial charge in [-0.25, -0.2) is 4.57 Å². The summed E-state index contributed by atoms with van der Waals surface area (Å²) in [6, 6.07) is 0. The van der Waals surface area contributed by atoms with Crippen molar-refractivity contribution in [2.24, 2.45) is 0 Å². The van der Waals surface area contributed by atoms with E-state index in [-0.39, 0.29) is 6.10 Å². The first kappa shape index (κ1) is 30.8. The molecule has 0 amide bonds. The van der Waals surface area contributed by atoms with Crippen molar-refractivity contribution in [3.8, 4) is 0 Å². The number of rotatable bonds is 22. The molecule has 0 aliphatic heterocycles. The van der Waals surface area contributed by atoms with Gasteiger partial charge in [0.1, 0.15) is 12.6 Å². The summed E-state index contributed by atoms with van der Waals surface area (Å²) in [7, 11) is -2.31. The second kappa shape index (κ2) is 19.3. The van der Waals surface area contributed by atoms with Crippen LogP contribution in [0.25, 0.3) is 0 Å². The highest BCUT2D eigenvalue weighted by Gasteiger charge is 2.29. The van der Waals surface area contributed by atoms with Crippen LogP contribution in [0.2, 0.25) is 0 Å². The van der Waals surface area contributed by atoms with Gasteiger partial charge in [-0.2, -0.15) is 0 Å². The normalized spacial score (nSPS) is 13.9. The highest BCUT2D eigenvalue weighted by Crippen LogP contribution is 2.39. The minimum atomic E-state index is -4.44. The fourth-order valence-corrected chi connectivity index (χ4v) is 4.52.